The maximum Gasteiger partial charge on any atom is 0.259 e. The van der Waals surface area contributed by atoms with Gasteiger partial charge in [0.1, 0.15) is 5.82 Å². The Morgan fingerprint density at radius 3 is 2.46 bits per heavy atom. The van der Waals surface area contributed by atoms with E-state index in [9.17, 15) is 9.18 Å². The molecule has 0 radical (unpaired) electrons. The molecule has 3 rings (SSSR count). The third-order valence-corrected chi connectivity index (χ3v) is 3.36. The van der Waals surface area contributed by atoms with Gasteiger partial charge >= 0.3 is 0 Å². The monoisotopic (exact) mass is 325 g/mol. The zero-order valence-electron chi connectivity index (χ0n) is 13.3. The van der Waals surface area contributed by atoms with Crippen molar-refractivity contribution in [1.82, 2.24) is 15.5 Å². The number of carbonyl (C=O) groups excluding carboxylic acids is 1. The molecule has 2 aromatic carbocycles. The number of nitrogens with zero attached hydrogens (tertiary/aromatic N) is 2. The van der Waals surface area contributed by atoms with Crippen molar-refractivity contribution in [2.75, 3.05) is 0 Å². The van der Waals surface area contributed by atoms with Crippen molar-refractivity contribution in [3.05, 3.63) is 59.9 Å². The molecule has 6 heteroatoms. The Hall–Kier alpha value is -3.02. The lowest BCUT2D eigenvalue weighted by atomic mass is 10.1. The topological polar surface area (TPSA) is 68.0 Å². The van der Waals surface area contributed by atoms with E-state index in [4.69, 9.17) is 4.52 Å². The standard InChI is InChI=1S/C18H16FN3O2/c1-11(2)20-17(23)12-7-3-4-8-13(12)18-21-16(22-24-18)14-9-5-6-10-15(14)19/h3-11H,1-2H3,(H,20,23). The molecule has 1 aromatic heterocycles. The van der Waals surface area contributed by atoms with Crippen molar-refractivity contribution in [3.8, 4) is 22.8 Å². The fourth-order valence-corrected chi connectivity index (χ4v) is 2.29. The average Bonchev–Trinajstić information content (AvgIpc) is 3.04. The molecule has 3 aromatic rings. The van der Waals surface area contributed by atoms with Gasteiger partial charge in [0.2, 0.25) is 5.82 Å². The first kappa shape index (κ1) is 15.9. The normalized spacial score (nSPS) is 10.8. The summed E-state index contributed by atoms with van der Waals surface area (Å²) in [6.07, 6.45) is 0. The molecule has 5 nitrogen and oxygen atoms in total. The number of benzene rings is 2. The highest BCUT2D eigenvalue weighted by molar-refractivity contribution is 6.00. The smallest absolute Gasteiger partial charge is 0.259 e. The summed E-state index contributed by atoms with van der Waals surface area (Å²) in [6.45, 7) is 3.76. The SMILES string of the molecule is CC(C)NC(=O)c1ccccc1-c1nc(-c2ccccc2F)no1. The van der Waals surface area contributed by atoms with Crippen LogP contribution in [-0.4, -0.2) is 22.1 Å². The molecule has 0 unspecified atom stereocenters. The summed E-state index contributed by atoms with van der Waals surface area (Å²) in [7, 11) is 0. The summed E-state index contributed by atoms with van der Waals surface area (Å²) in [6, 6.07) is 13.1. The number of hydrogen-bond donors (Lipinski definition) is 1. The summed E-state index contributed by atoms with van der Waals surface area (Å²) in [4.78, 5) is 16.6. The number of aromatic nitrogens is 2. The van der Waals surface area contributed by atoms with Crippen LogP contribution in [0.25, 0.3) is 22.8 Å². The van der Waals surface area contributed by atoms with Crippen molar-refractivity contribution in [2.24, 2.45) is 0 Å². The lowest BCUT2D eigenvalue weighted by Gasteiger charge is -2.10. The van der Waals surface area contributed by atoms with Crippen molar-refractivity contribution >= 4 is 5.91 Å². The number of rotatable bonds is 4. The van der Waals surface area contributed by atoms with Gasteiger partial charge in [0.05, 0.1) is 16.7 Å². The largest absolute Gasteiger partial charge is 0.350 e. The van der Waals surface area contributed by atoms with Crippen LogP contribution in [-0.2, 0) is 0 Å². The number of amides is 1. The van der Waals surface area contributed by atoms with Gasteiger partial charge in [0.25, 0.3) is 11.8 Å². The minimum absolute atomic E-state index is 0.00205. The van der Waals surface area contributed by atoms with Gasteiger partial charge < -0.3 is 9.84 Å². The van der Waals surface area contributed by atoms with Crippen LogP contribution in [0.15, 0.2) is 53.1 Å². The zero-order valence-corrected chi connectivity index (χ0v) is 13.3. The highest BCUT2D eigenvalue weighted by Gasteiger charge is 2.19. The lowest BCUT2D eigenvalue weighted by molar-refractivity contribution is 0.0943. The summed E-state index contributed by atoms with van der Waals surface area (Å²) in [5, 5.41) is 6.66. The fourth-order valence-electron chi connectivity index (χ4n) is 2.29. The van der Waals surface area contributed by atoms with E-state index in [1.54, 1.807) is 42.5 Å². The van der Waals surface area contributed by atoms with Crippen LogP contribution in [0.3, 0.4) is 0 Å². The molecule has 0 saturated heterocycles. The predicted octanol–water partition coefficient (Wildman–Crippen LogP) is 3.68. The molecule has 0 saturated carbocycles. The Labute approximate surface area is 138 Å². The molecule has 0 aliphatic carbocycles. The molecule has 0 bridgehead atoms. The molecule has 1 heterocycles. The number of halogens is 1. The van der Waals surface area contributed by atoms with Gasteiger partial charge in [0.15, 0.2) is 0 Å². The Bertz CT molecular complexity index is 874. The van der Waals surface area contributed by atoms with Gasteiger partial charge in [-0.05, 0) is 38.1 Å². The molecule has 0 aliphatic rings. The maximum atomic E-state index is 13.9. The third kappa shape index (κ3) is 3.17. The van der Waals surface area contributed by atoms with E-state index in [1.165, 1.54) is 6.07 Å². The Morgan fingerprint density at radius 2 is 1.75 bits per heavy atom. The number of carbonyl (C=O) groups is 1. The predicted molar refractivity (Wildman–Crippen MR) is 87.7 cm³/mol. The lowest BCUT2D eigenvalue weighted by Crippen LogP contribution is -2.30. The van der Waals surface area contributed by atoms with E-state index >= 15 is 0 Å². The van der Waals surface area contributed by atoms with E-state index in [1.807, 2.05) is 13.8 Å². The molecule has 1 amide bonds. The second kappa shape index (κ2) is 6.62. The third-order valence-electron chi connectivity index (χ3n) is 3.36. The molecule has 0 spiro atoms. The quantitative estimate of drug-likeness (QED) is 0.794. The van der Waals surface area contributed by atoms with E-state index in [0.717, 1.165) is 0 Å². The van der Waals surface area contributed by atoms with Gasteiger partial charge in [0, 0.05) is 6.04 Å². The first-order chi connectivity index (χ1) is 11.6. The number of nitrogens with one attached hydrogen (secondary N) is 1. The van der Waals surface area contributed by atoms with Crippen molar-refractivity contribution in [1.29, 1.82) is 0 Å². The second-order valence-corrected chi connectivity index (χ2v) is 5.58. The van der Waals surface area contributed by atoms with Crippen LogP contribution in [0.1, 0.15) is 24.2 Å². The van der Waals surface area contributed by atoms with Crippen LogP contribution in [0.4, 0.5) is 4.39 Å². The van der Waals surface area contributed by atoms with Crippen LogP contribution >= 0.6 is 0 Å². The zero-order chi connectivity index (χ0) is 17.1. The molecule has 0 atom stereocenters. The van der Waals surface area contributed by atoms with E-state index in [2.05, 4.69) is 15.5 Å². The molecule has 24 heavy (non-hydrogen) atoms. The van der Waals surface area contributed by atoms with Gasteiger partial charge in [-0.3, -0.25) is 4.79 Å². The molecule has 122 valence electrons. The minimum Gasteiger partial charge on any atom is -0.350 e. The Balaban J connectivity index is 2.00. The van der Waals surface area contributed by atoms with Crippen LogP contribution in [0.5, 0.6) is 0 Å². The van der Waals surface area contributed by atoms with Crippen molar-refractivity contribution in [3.63, 3.8) is 0 Å². The molecule has 1 N–H and O–H groups in total. The van der Waals surface area contributed by atoms with E-state index in [0.29, 0.717) is 11.1 Å². The van der Waals surface area contributed by atoms with Crippen LogP contribution in [0, 0.1) is 5.82 Å². The van der Waals surface area contributed by atoms with Crippen LogP contribution in [0.2, 0.25) is 0 Å². The van der Waals surface area contributed by atoms with Gasteiger partial charge in [-0.1, -0.05) is 29.4 Å². The van der Waals surface area contributed by atoms with Gasteiger partial charge in [-0.15, -0.1) is 0 Å². The first-order valence-electron chi connectivity index (χ1n) is 7.55. The fraction of sp³-hybridized carbons (Fsp3) is 0.167. The van der Waals surface area contributed by atoms with Crippen molar-refractivity contribution in [2.45, 2.75) is 19.9 Å². The molecule has 0 fully saturated rings. The molecular weight excluding hydrogens is 309 g/mol. The van der Waals surface area contributed by atoms with E-state index in [-0.39, 0.29) is 29.2 Å². The van der Waals surface area contributed by atoms with Gasteiger partial charge in [-0.2, -0.15) is 4.98 Å². The van der Waals surface area contributed by atoms with Crippen LogP contribution < -0.4 is 5.32 Å². The second-order valence-electron chi connectivity index (χ2n) is 5.58. The summed E-state index contributed by atoms with van der Waals surface area (Å²) in [5.74, 6) is -0.355. The number of hydrogen-bond acceptors (Lipinski definition) is 4. The Morgan fingerprint density at radius 1 is 1.08 bits per heavy atom. The highest BCUT2D eigenvalue weighted by atomic mass is 19.1. The maximum absolute atomic E-state index is 13.9. The van der Waals surface area contributed by atoms with Crippen molar-refractivity contribution < 1.29 is 13.7 Å². The summed E-state index contributed by atoms with van der Waals surface area (Å²) >= 11 is 0. The average molecular weight is 325 g/mol. The minimum atomic E-state index is -0.435. The highest BCUT2D eigenvalue weighted by Crippen LogP contribution is 2.26. The molecular formula is C18H16FN3O2. The first-order valence-corrected chi connectivity index (χ1v) is 7.55. The van der Waals surface area contributed by atoms with Gasteiger partial charge in [-0.25, -0.2) is 4.39 Å². The Kier molecular flexibility index (Phi) is 4.37. The van der Waals surface area contributed by atoms with E-state index < -0.39 is 5.82 Å². The summed E-state index contributed by atoms with van der Waals surface area (Å²) < 4.78 is 19.1. The summed E-state index contributed by atoms with van der Waals surface area (Å²) in [5.41, 5.74) is 1.18. The molecule has 0 aliphatic heterocycles.